The van der Waals surface area contributed by atoms with E-state index in [9.17, 15) is 4.79 Å². The molecule has 1 aliphatic carbocycles. The third kappa shape index (κ3) is 2.92. The second-order valence-corrected chi connectivity index (χ2v) is 5.67. The van der Waals surface area contributed by atoms with E-state index in [1.54, 1.807) is 26.4 Å². The van der Waals surface area contributed by atoms with E-state index in [0.717, 1.165) is 31.0 Å². The number of methoxy groups -OCH3 is 2. The van der Waals surface area contributed by atoms with Crippen molar-refractivity contribution in [3.8, 4) is 11.5 Å². The van der Waals surface area contributed by atoms with Gasteiger partial charge in [0.15, 0.2) is 0 Å². The Morgan fingerprint density at radius 1 is 1.25 bits per heavy atom. The lowest BCUT2D eigenvalue weighted by Crippen LogP contribution is -2.47. The monoisotopic (exact) mass is 341 g/mol. The first kappa shape index (κ1) is 15.2. The predicted octanol–water partition coefficient (Wildman–Crippen LogP) is 3.14. The van der Waals surface area contributed by atoms with Gasteiger partial charge in [0.05, 0.1) is 19.8 Å². The zero-order valence-corrected chi connectivity index (χ0v) is 13.5. The molecule has 2 rings (SSSR count). The van der Waals surface area contributed by atoms with Gasteiger partial charge in [-0.2, -0.15) is 0 Å². The lowest BCUT2D eigenvalue weighted by Gasteiger charge is -2.28. The summed E-state index contributed by atoms with van der Waals surface area (Å²) in [7, 11) is 3.11. The summed E-state index contributed by atoms with van der Waals surface area (Å²) in [6, 6.07) is 5.35. The Kier molecular flexibility index (Phi) is 4.91. The van der Waals surface area contributed by atoms with Gasteiger partial charge in [-0.15, -0.1) is 0 Å². The van der Waals surface area contributed by atoms with Crippen LogP contribution < -0.4 is 14.8 Å². The van der Waals surface area contributed by atoms with Crippen molar-refractivity contribution in [1.82, 2.24) is 5.32 Å². The number of alkyl halides is 1. The Hall–Kier alpha value is -1.23. The minimum atomic E-state index is -0.150. The molecular formula is C15H20BrNO3. The van der Waals surface area contributed by atoms with Gasteiger partial charge in [-0.05, 0) is 25.0 Å². The zero-order chi connectivity index (χ0) is 14.6. The summed E-state index contributed by atoms with van der Waals surface area (Å²) in [6.07, 6.45) is 4.30. The molecule has 1 aliphatic rings. The van der Waals surface area contributed by atoms with Crippen molar-refractivity contribution in [1.29, 1.82) is 0 Å². The summed E-state index contributed by atoms with van der Waals surface area (Å²) in [4.78, 5) is 12.6. The molecule has 0 heterocycles. The molecule has 4 nitrogen and oxygen atoms in total. The number of halogens is 1. The van der Waals surface area contributed by atoms with Crippen molar-refractivity contribution in [3.63, 3.8) is 0 Å². The molecular weight excluding hydrogens is 322 g/mol. The highest BCUT2D eigenvalue weighted by molar-refractivity contribution is 9.09. The van der Waals surface area contributed by atoms with Crippen molar-refractivity contribution in [3.05, 3.63) is 23.8 Å². The summed E-state index contributed by atoms with van der Waals surface area (Å²) in [5.74, 6) is 0.926. The summed E-state index contributed by atoms with van der Waals surface area (Å²) in [6.45, 7) is 0. The van der Waals surface area contributed by atoms with Crippen LogP contribution in [0.3, 0.4) is 0 Å². The van der Waals surface area contributed by atoms with Crippen LogP contribution in [0.5, 0.6) is 11.5 Å². The van der Waals surface area contributed by atoms with E-state index in [2.05, 4.69) is 21.2 Å². The lowest BCUT2D eigenvalue weighted by atomic mass is 9.99. The van der Waals surface area contributed by atoms with Gasteiger partial charge in [-0.1, -0.05) is 34.8 Å². The first-order chi connectivity index (χ1) is 9.65. The third-order valence-electron chi connectivity index (χ3n) is 3.85. The molecule has 0 spiro atoms. The van der Waals surface area contributed by atoms with Gasteiger partial charge in [-0.25, -0.2) is 0 Å². The average Bonchev–Trinajstić information content (AvgIpc) is 2.95. The Morgan fingerprint density at radius 2 is 1.80 bits per heavy atom. The molecule has 20 heavy (non-hydrogen) atoms. The largest absolute Gasteiger partial charge is 0.496 e. The molecule has 1 N–H and O–H groups in total. The van der Waals surface area contributed by atoms with Gasteiger partial charge in [0.1, 0.15) is 17.1 Å². The van der Waals surface area contributed by atoms with Crippen LogP contribution in [0, 0.1) is 0 Å². The SMILES string of the molecule is COc1cccc(OC)c1C(=O)NC1(CBr)CCCC1. The second kappa shape index (κ2) is 6.48. The van der Waals surface area contributed by atoms with Crippen molar-refractivity contribution in [2.24, 2.45) is 0 Å². The minimum Gasteiger partial charge on any atom is -0.496 e. The van der Waals surface area contributed by atoms with Crippen molar-refractivity contribution in [2.45, 2.75) is 31.2 Å². The van der Waals surface area contributed by atoms with Crippen LogP contribution >= 0.6 is 15.9 Å². The maximum absolute atomic E-state index is 12.6. The van der Waals surface area contributed by atoms with E-state index in [4.69, 9.17) is 9.47 Å². The number of hydrogen-bond donors (Lipinski definition) is 1. The number of ether oxygens (including phenoxy) is 2. The third-order valence-corrected chi connectivity index (χ3v) is 4.92. The topological polar surface area (TPSA) is 47.6 Å². The smallest absolute Gasteiger partial charge is 0.259 e. The number of benzene rings is 1. The fourth-order valence-corrected chi connectivity index (χ4v) is 3.42. The van der Waals surface area contributed by atoms with Gasteiger partial charge in [0, 0.05) is 5.33 Å². The fraction of sp³-hybridized carbons (Fsp3) is 0.533. The average molecular weight is 342 g/mol. The van der Waals surface area contributed by atoms with Crippen LogP contribution in [0.15, 0.2) is 18.2 Å². The molecule has 1 amide bonds. The molecule has 5 heteroatoms. The highest BCUT2D eigenvalue weighted by atomic mass is 79.9. The minimum absolute atomic E-state index is 0.138. The molecule has 1 fully saturated rings. The number of amides is 1. The Labute approximate surface area is 128 Å². The molecule has 0 aliphatic heterocycles. The maximum Gasteiger partial charge on any atom is 0.259 e. The van der Waals surface area contributed by atoms with Crippen LogP contribution in [-0.4, -0.2) is 31.0 Å². The van der Waals surface area contributed by atoms with E-state index in [0.29, 0.717) is 17.1 Å². The van der Waals surface area contributed by atoms with Gasteiger partial charge in [0.25, 0.3) is 5.91 Å². The Bertz CT molecular complexity index is 462. The maximum atomic E-state index is 12.6. The fourth-order valence-electron chi connectivity index (χ4n) is 2.72. The first-order valence-electron chi connectivity index (χ1n) is 6.75. The predicted molar refractivity (Wildman–Crippen MR) is 82.0 cm³/mol. The summed E-state index contributed by atoms with van der Waals surface area (Å²) < 4.78 is 10.6. The van der Waals surface area contributed by atoms with Crippen molar-refractivity contribution < 1.29 is 14.3 Å². The van der Waals surface area contributed by atoms with Crippen LogP contribution in [0.4, 0.5) is 0 Å². The number of nitrogens with one attached hydrogen (secondary N) is 1. The van der Waals surface area contributed by atoms with E-state index in [-0.39, 0.29) is 11.4 Å². The van der Waals surface area contributed by atoms with Crippen LogP contribution in [0.1, 0.15) is 36.0 Å². The van der Waals surface area contributed by atoms with Crippen LogP contribution in [-0.2, 0) is 0 Å². The number of hydrogen-bond acceptors (Lipinski definition) is 3. The second-order valence-electron chi connectivity index (χ2n) is 5.11. The van der Waals surface area contributed by atoms with Crippen LogP contribution in [0.25, 0.3) is 0 Å². The highest BCUT2D eigenvalue weighted by Gasteiger charge is 2.35. The summed E-state index contributed by atoms with van der Waals surface area (Å²) in [5, 5.41) is 3.93. The molecule has 0 atom stereocenters. The molecule has 0 aromatic heterocycles. The molecule has 0 saturated heterocycles. The molecule has 0 radical (unpaired) electrons. The number of rotatable bonds is 5. The molecule has 0 unspecified atom stereocenters. The molecule has 110 valence electrons. The van der Waals surface area contributed by atoms with E-state index < -0.39 is 0 Å². The summed E-state index contributed by atoms with van der Waals surface area (Å²) >= 11 is 3.53. The quantitative estimate of drug-likeness (QED) is 0.837. The van der Waals surface area contributed by atoms with Crippen molar-refractivity contribution in [2.75, 3.05) is 19.5 Å². The van der Waals surface area contributed by atoms with Crippen LogP contribution in [0.2, 0.25) is 0 Å². The molecule has 0 bridgehead atoms. The van der Waals surface area contributed by atoms with Gasteiger partial charge in [0.2, 0.25) is 0 Å². The van der Waals surface area contributed by atoms with Crippen molar-refractivity contribution >= 4 is 21.8 Å². The first-order valence-corrected chi connectivity index (χ1v) is 7.87. The Morgan fingerprint density at radius 3 is 2.25 bits per heavy atom. The normalized spacial score (nSPS) is 16.8. The number of carbonyl (C=O) groups excluding carboxylic acids is 1. The highest BCUT2D eigenvalue weighted by Crippen LogP contribution is 2.34. The van der Waals surface area contributed by atoms with E-state index in [1.807, 2.05) is 6.07 Å². The van der Waals surface area contributed by atoms with E-state index >= 15 is 0 Å². The lowest BCUT2D eigenvalue weighted by molar-refractivity contribution is 0.0904. The van der Waals surface area contributed by atoms with E-state index in [1.165, 1.54) is 0 Å². The molecule has 1 saturated carbocycles. The molecule has 1 aromatic carbocycles. The zero-order valence-electron chi connectivity index (χ0n) is 11.9. The van der Waals surface area contributed by atoms with Gasteiger partial charge < -0.3 is 14.8 Å². The summed E-state index contributed by atoms with van der Waals surface area (Å²) in [5.41, 5.74) is 0.313. The molecule has 1 aromatic rings. The van der Waals surface area contributed by atoms with Gasteiger partial charge in [-0.3, -0.25) is 4.79 Å². The van der Waals surface area contributed by atoms with Gasteiger partial charge >= 0.3 is 0 Å². The standard InChI is InChI=1S/C15H20BrNO3/c1-19-11-6-5-7-12(20-2)13(11)14(18)17-15(10-16)8-3-4-9-15/h5-7H,3-4,8-10H2,1-2H3,(H,17,18). The number of carbonyl (C=O) groups is 1. The Balaban J connectivity index is 2.28.